The Hall–Kier alpha value is -1.10. The number of nitrogens with two attached hydrogens (primary N) is 1. The van der Waals surface area contributed by atoms with Crippen molar-refractivity contribution in [1.82, 2.24) is 5.01 Å². The Labute approximate surface area is 115 Å². The summed E-state index contributed by atoms with van der Waals surface area (Å²) in [4.78, 5) is 0. The monoisotopic (exact) mass is 258 g/mol. The van der Waals surface area contributed by atoms with Crippen LogP contribution < -0.4 is 5.84 Å². The summed E-state index contributed by atoms with van der Waals surface area (Å²) >= 11 is 0. The lowest BCUT2D eigenvalue weighted by atomic mass is 9.58. The zero-order valence-electron chi connectivity index (χ0n) is 11.4. The summed E-state index contributed by atoms with van der Waals surface area (Å²) < 4.78 is 0. The number of hydrazine groups is 1. The fraction of sp³-hybridized carbons (Fsp3) is 0.867. The van der Waals surface area contributed by atoms with Crippen LogP contribution in [0.5, 0.6) is 0 Å². The van der Waals surface area contributed by atoms with Gasteiger partial charge in [0.1, 0.15) is 11.1 Å². The molecule has 1 aliphatic heterocycles. The summed E-state index contributed by atoms with van der Waals surface area (Å²) in [6, 6.07) is 5.02. The van der Waals surface area contributed by atoms with Crippen LogP contribution in [0, 0.1) is 34.5 Å². The quantitative estimate of drug-likeness (QED) is 0.677. The largest absolute Gasteiger partial charge is 0.266 e. The van der Waals surface area contributed by atoms with Crippen molar-refractivity contribution in [3.05, 3.63) is 0 Å². The fourth-order valence-electron chi connectivity index (χ4n) is 4.82. The fourth-order valence-corrected chi connectivity index (χ4v) is 4.82. The number of hydrogen-bond donors (Lipinski definition) is 1. The summed E-state index contributed by atoms with van der Waals surface area (Å²) in [6.45, 7) is 0. The van der Waals surface area contributed by atoms with E-state index in [2.05, 4.69) is 12.1 Å². The van der Waals surface area contributed by atoms with Gasteiger partial charge in [-0.25, -0.2) is 5.01 Å². The molecule has 3 rings (SSSR count). The summed E-state index contributed by atoms with van der Waals surface area (Å²) in [5.74, 6) is 7.15. The van der Waals surface area contributed by atoms with Crippen molar-refractivity contribution in [2.24, 2.45) is 17.7 Å². The minimum Gasteiger partial charge on any atom is -0.266 e. The molecule has 0 spiro atoms. The summed E-state index contributed by atoms with van der Waals surface area (Å²) in [5, 5.41) is 21.3. The predicted molar refractivity (Wildman–Crippen MR) is 71.2 cm³/mol. The van der Waals surface area contributed by atoms with Crippen molar-refractivity contribution >= 4 is 0 Å². The Morgan fingerprint density at radius 3 is 1.79 bits per heavy atom. The van der Waals surface area contributed by atoms with E-state index >= 15 is 0 Å². The predicted octanol–water partition coefficient (Wildman–Crippen LogP) is 2.47. The minimum absolute atomic E-state index is 0.362. The van der Waals surface area contributed by atoms with Crippen LogP contribution in [-0.2, 0) is 0 Å². The Kier molecular flexibility index (Phi) is 3.04. The molecule has 2 aliphatic carbocycles. The maximum Gasteiger partial charge on any atom is 0.126 e. The molecule has 0 radical (unpaired) electrons. The van der Waals surface area contributed by atoms with Gasteiger partial charge in [-0.15, -0.1) is 0 Å². The van der Waals surface area contributed by atoms with Gasteiger partial charge in [-0.2, -0.15) is 10.5 Å². The van der Waals surface area contributed by atoms with Crippen molar-refractivity contribution in [3.63, 3.8) is 0 Å². The van der Waals surface area contributed by atoms with E-state index in [1.165, 1.54) is 12.8 Å². The van der Waals surface area contributed by atoms with E-state index in [1.807, 2.05) is 0 Å². The van der Waals surface area contributed by atoms with Gasteiger partial charge in [0.15, 0.2) is 0 Å². The van der Waals surface area contributed by atoms with Gasteiger partial charge in [0, 0.05) is 0 Å². The smallest absolute Gasteiger partial charge is 0.126 e. The van der Waals surface area contributed by atoms with E-state index in [1.54, 1.807) is 5.01 Å². The van der Waals surface area contributed by atoms with Crippen molar-refractivity contribution in [1.29, 1.82) is 10.5 Å². The zero-order chi connectivity index (χ0) is 13.5. The Morgan fingerprint density at radius 1 is 0.895 bits per heavy atom. The van der Waals surface area contributed by atoms with Gasteiger partial charge >= 0.3 is 0 Å². The molecular formula is C15H22N4. The lowest BCUT2D eigenvalue weighted by Gasteiger charge is -2.59. The minimum atomic E-state index is -0.582. The van der Waals surface area contributed by atoms with Crippen molar-refractivity contribution in [2.45, 2.75) is 68.9 Å². The molecule has 0 bridgehead atoms. The average molecular weight is 258 g/mol. The molecule has 2 saturated carbocycles. The van der Waals surface area contributed by atoms with E-state index in [0.717, 1.165) is 44.9 Å². The first kappa shape index (κ1) is 12.9. The molecule has 3 fully saturated rings. The number of nitriles is 2. The van der Waals surface area contributed by atoms with E-state index < -0.39 is 11.1 Å². The molecule has 3 aliphatic rings. The van der Waals surface area contributed by atoms with Gasteiger partial charge in [-0.3, -0.25) is 5.84 Å². The molecule has 0 aromatic carbocycles. The zero-order valence-corrected chi connectivity index (χ0v) is 11.4. The third-order valence-electron chi connectivity index (χ3n) is 5.89. The summed E-state index contributed by atoms with van der Waals surface area (Å²) in [6.07, 6.45) is 9.41. The molecule has 2 N–H and O–H groups in total. The molecule has 1 saturated heterocycles. The molecular weight excluding hydrogens is 236 g/mol. The molecule has 0 aromatic heterocycles. The van der Waals surface area contributed by atoms with Crippen LogP contribution in [0.3, 0.4) is 0 Å². The lowest BCUT2D eigenvalue weighted by molar-refractivity contribution is -0.113. The number of hydrogen-bond acceptors (Lipinski definition) is 4. The molecule has 102 valence electrons. The SMILES string of the molecule is N#C[C@]12CCCC[C@@H]1C[C@H]1CCCC[C@@]1(C#N)N2N. The first-order valence-corrected chi connectivity index (χ1v) is 7.57. The second kappa shape index (κ2) is 4.47. The van der Waals surface area contributed by atoms with Gasteiger partial charge in [0.05, 0.1) is 12.1 Å². The van der Waals surface area contributed by atoms with Crippen LogP contribution in [0.4, 0.5) is 0 Å². The van der Waals surface area contributed by atoms with Gasteiger partial charge in [-0.05, 0) is 43.9 Å². The van der Waals surface area contributed by atoms with Crippen molar-refractivity contribution < 1.29 is 0 Å². The number of nitrogens with zero attached hydrogens (tertiary/aromatic N) is 3. The molecule has 0 amide bonds. The van der Waals surface area contributed by atoms with Crippen LogP contribution in [0.2, 0.25) is 0 Å². The molecule has 4 nitrogen and oxygen atoms in total. The first-order valence-electron chi connectivity index (χ1n) is 7.57. The number of fused-ring (bicyclic) bond motifs is 2. The second-order valence-corrected chi connectivity index (χ2v) is 6.56. The Morgan fingerprint density at radius 2 is 1.37 bits per heavy atom. The topological polar surface area (TPSA) is 76.8 Å². The third kappa shape index (κ3) is 1.57. The Balaban J connectivity index is 2.04. The van der Waals surface area contributed by atoms with Crippen molar-refractivity contribution in [2.75, 3.05) is 0 Å². The molecule has 19 heavy (non-hydrogen) atoms. The van der Waals surface area contributed by atoms with Gasteiger partial charge in [0.2, 0.25) is 0 Å². The molecule has 1 heterocycles. The lowest BCUT2D eigenvalue weighted by Crippen LogP contribution is -2.73. The van der Waals surface area contributed by atoms with Gasteiger partial charge in [0.25, 0.3) is 0 Å². The van der Waals surface area contributed by atoms with E-state index in [-0.39, 0.29) is 0 Å². The van der Waals surface area contributed by atoms with Crippen LogP contribution >= 0.6 is 0 Å². The van der Waals surface area contributed by atoms with Gasteiger partial charge < -0.3 is 0 Å². The highest BCUT2D eigenvalue weighted by molar-refractivity contribution is 5.26. The molecule has 4 atom stereocenters. The van der Waals surface area contributed by atoms with Crippen LogP contribution in [0.1, 0.15) is 57.8 Å². The maximum atomic E-state index is 9.77. The third-order valence-corrected chi connectivity index (χ3v) is 5.89. The van der Waals surface area contributed by atoms with Crippen LogP contribution in [-0.4, -0.2) is 16.1 Å². The highest BCUT2D eigenvalue weighted by Crippen LogP contribution is 2.54. The summed E-state index contributed by atoms with van der Waals surface area (Å²) in [7, 11) is 0. The normalized spacial score (nSPS) is 46.5. The highest BCUT2D eigenvalue weighted by Gasteiger charge is 2.61. The number of piperidine rings is 1. The van der Waals surface area contributed by atoms with Crippen LogP contribution in [0.15, 0.2) is 0 Å². The van der Waals surface area contributed by atoms with E-state index in [9.17, 15) is 10.5 Å². The molecule has 0 aromatic rings. The van der Waals surface area contributed by atoms with E-state index in [0.29, 0.717) is 11.8 Å². The van der Waals surface area contributed by atoms with E-state index in [4.69, 9.17) is 5.84 Å². The first-order chi connectivity index (χ1) is 9.19. The second-order valence-electron chi connectivity index (χ2n) is 6.56. The number of rotatable bonds is 0. The standard InChI is InChI=1S/C15H22N4/c16-10-14-7-3-1-5-12(14)9-13-6-2-4-8-15(13,11-17)19(14)18/h12-13H,1-9,18H2/t12-,13-,14-,15+/m1/s1. The average Bonchev–Trinajstić information content (AvgIpc) is 2.48. The van der Waals surface area contributed by atoms with Crippen LogP contribution in [0.25, 0.3) is 0 Å². The van der Waals surface area contributed by atoms with Crippen molar-refractivity contribution in [3.8, 4) is 12.1 Å². The summed E-state index contributed by atoms with van der Waals surface area (Å²) in [5.41, 5.74) is -1.16. The highest BCUT2D eigenvalue weighted by atomic mass is 15.5. The molecule has 4 heteroatoms. The molecule has 0 unspecified atom stereocenters. The Bertz CT molecular complexity index is 408. The van der Waals surface area contributed by atoms with Gasteiger partial charge in [-0.1, -0.05) is 25.7 Å². The maximum absolute atomic E-state index is 9.77.